The van der Waals surface area contributed by atoms with Gasteiger partial charge in [-0.15, -0.1) is 0 Å². The van der Waals surface area contributed by atoms with E-state index in [0.717, 1.165) is 12.0 Å². The molecule has 0 amide bonds. The normalized spacial score (nSPS) is 30.7. The maximum absolute atomic E-state index is 11.6. The van der Waals surface area contributed by atoms with Gasteiger partial charge in [-0.1, -0.05) is 30.4 Å². The minimum atomic E-state index is -0.392. The van der Waals surface area contributed by atoms with Gasteiger partial charge in [0.05, 0.1) is 18.3 Å². The van der Waals surface area contributed by atoms with Gasteiger partial charge in [0.1, 0.15) is 0 Å². The van der Waals surface area contributed by atoms with E-state index in [1.165, 1.54) is 7.11 Å². The van der Waals surface area contributed by atoms with Crippen LogP contribution in [0.3, 0.4) is 0 Å². The van der Waals surface area contributed by atoms with Crippen molar-refractivity contribution < 1.29 is 19.0 Å². The number of methoxy groups -OCH3 is 1. The van der Waals surface area contributed by atoms with Crippen LogP contribution in [0.25, 0.3) is 0 Å². The lowest BCUT2D eigenvalue weighted by Crippen LogP contribution is -2.33. The van der Waals surface area contributed by atoms with Crippen LogP contribution >= 0.6 is 0 Å². The average molecular weight is 306 g/mol. The summed E-state index contributed by atoms with van der Waals surface area (Å²) < 4.78 is 16.8. The van der Waals surface area contributed by atoms with Crippen molar-refractivity contribution in [2.45, 2.75) is 58.0 Å². The predicted octanol–water partition coefficient (Wildman–Crippen LogP) is 3.54. The fourth-order valence-corrected chi connectivity index (χ4v) is 3.11. The van der Waals surface area contributed by atoms with E-state index in [2.05, 4.69) is 19.6 Å². The third-order valence-electron chi connectivity index (χ3n) is 4.07. The molecule has 2 aliphatic rings. The number of hydrogen-bond acceptors (Lipinski definition) is 4. The van der Waals surface area contributed by atoms with Crippen LogP contribution in [0.4, 0.5) is 0 Å². The summed E-state index contributed by atoms with van der Waals surface area (Å²) in [4.78, 5) is 11.6. The Kier molecular flexibility index (Phi) is 4.64. The van der Waals surface area contributed by atoms with E-state index in [1.54, 1.807) is 0 Å². The minimum Gasteiger partial charge on any atom is -0.466 e. The van der Waals surface area contributed by atoms with Crippen molar-refractivity contribution in [3.8, 4) is 0 Å². The Morgan fingerprint density at radius 3 is 2.77 bits per heavy atom. The van der Waals surface area contributed by atoms with Crippen molar-refractivity contribution >= 4 is 5.97 Å². The molecule has 0 aromatic heterocycles. The van der Waals surface area contributed by atoms with E-state index >= 15 is 0 Å². The Balaban J connectivity index is 2.12. The van der Waals surface area contributed by atoms with Crippen molar-refractivity contribution in [1.29, 1.82) is 0 Å². The van der Waals surface area contributed by atoms with E-state index in [4.69, 9.17) is 14.2 Å². The largest absolute Gasteiger partial charge is 0.466 e. The number of carbonyl (C=O) groups excluding carboxylic acids is 1. The standard InChI is InChI=1S/C18H26O4/c1-12(16(19)20-6)10-13-8-7-9-18(5)14(13)11-15(22-18)21-17(2,3)4/h7-9,14-15H,1,10-11H2,2-6H3/t14-,15-,18+/m1/s1. The van der Waals surface area contributed by atoms with Crippen LogP contribution in [0.15, 0.2) is 36.0 Å². The Bertz CT molecular complexity index is 524. The average Bonchev–Trinajstić information content (AvgIpc) is 2.72. The molecule has 1 aliphatic carbocycles. The summed E-state index contributed by atoms with van der Waals surface area (Å²) >= 11 is 0. The topological polar surface area (TPSA) is 44.8 Å². The van der Waals surface area contributed by atoms with Crippen molar-refractivity contribution in [2.24, 2.45) is 5.92 Å². The van der Waals surface area contributed by atoms with Crippen LogP contribution < -0.4 is 0 Å². The van der Waals surface area contributed by atoms with Gasteiger partial charge in [-0.25, -0.2) is 4.79 Å². The summed E-state index contributed by atoms with van der Waals surface area (Å²) in [6, 6.07) is 0. The predicted molar refractivity (Wildman–Crippen MR) is 85.2 cm³/mol. The fraction of sp³-hybridized carbons (Fsp3) is 0.611. The van der Waals surface area contributed by atoms with Gasteiger partial charge in [0.15, 0.2) is 6.29 Å². The number of ether oxygens (including phenoxy) is 3. The highest BCUT2D eigenvalue weighted by atomic mass is 16.7. The van der Waals surface area contributed by atoms with Gasteiger partial charge in [-0.2, -0.15) is 0 Å². The maximum Gasteiger partial charge on any atom is 0.333 e. The van der Waals surface area contributed by atoms with Crippen LogP contribution in [0.2, 0.25) is 0 Å². The summed E-state index contributed by atoms with van der Waals surface area (Å²) in [5.41, 5.74) is 0.959. The zero-order chi connectivity index (χ0) is 16.5. The van der Waals surface area contributed by atoms with Crippen LogP contribution in [0, 0.1) is 5.92 Å². The first-order chi connectivity index (χ1) is 10.1. The molecule has 4 heteroatoms. The molecule has 4 nitrogen and oxygen atoms in total. The van der Waals surface area contributed by atoms with Crippen LogP contribution in [-0.2, 0) is 19.0 Å². The highest BCUT2D eigenvalue weighted by molar-refractivity contribution is 5.88. The second kappa shape index (κ2) is 6.01. The van der Waals surface area contributed by atoms with Crippen molar-refractivity contribution in [1.82, 2.24) is 0 Å². The zero-order valence-corrected chi connectivity index (χ0v) is 14.1. The quantitative estimate of drug-likeness (QED) is 0.588. The monoisotopic (exact) mass is 306 g/mol. The van der Waals surface area contributed by atoms with Gasteiger partial charge in [-0.3, -0.25) is 0 Å². The first kappa shape index (κ1) is 17.0. The molecular formula is C18H26O4. The summed E-state index contributed by atoms with van der Waals surface area (Å²) in [6.45, 7) is 11.9. The molecule has 1 fully saturated rings. The molecule has 0 bridgehead atoms. The molecule has 1 heterocycles. The number of fused-ring (bicyclic) bond motifs is 1. The lowest BCUT2D eigenvalue weighted by molar-refractivity contribution is -0.198. The van der Waals surface area contributed by atoms with Gasteiger partial charge >= 0.3 is 5.97 Å². The van der Waals surface area contributed by atoms with Crippen molar-refractivity contribution in [3.05, 3.63) is 36.0 Å². The molecule has 0 aromatic rings. The number of carbonyl (C=O) groups is 1. The van der Waals surface area contributed by atoms with Crippen LogP contribution in [0.5, 0.6) is 0 Å². The minimum absolute atomic E-state index is 0.186. The molecule has 2 rings (SSSR count). The SMILES string of the molecule is C=C(CC1=CC=C[C@]2(C)O[C@@H](OC(C)(C)C)C[C@H]12)C(=O)OC. The van der Waals surface area contributed by atoms with Gasteiger partial charge < -0.3 is 14.2 Å². The summed E-state index contributed by atoms with van der Waals surface area (Å²) in [5.74, 6) is -0.176. The molecule has 122 valence electrons. The Morgan fingerprint density at radius 1 is 1.50 bits per heavy atom. The summed E-state index contributed by atoms with van der Waals surface area (Å²) in [7, 11) is 1.37. The highest BCUT2D eigenvalue weighted by Gasteiger charge is 2.47. The Hall–Kier alpha value is -1.39. The van der Waals surface area contributed by atoms with Crippen LogP contribution in [-0.4, -0.2) is 30.6 Å². The molecule has 0 aromatic carbocycles. The molecule has 1 saturated heterocycles. The Labute approximate surface area is 132 Å². The van der Waals surface area contributed by atoms with E-state index in [-0.39, 0.29) is 23.8 Å². The number of allylic oxidation sites excluding steroid dienone is 2. The number of rotatable bonds is 4. The molecule has 0 N–H and O–H groups in total. The van der Waals surface area contributed by atoms with E-state index < -0.39 is 5.60 Å². The fourth-order valence-electron chi connectivity index (χ4n) is 3.11. The number of hydrogen-bond donors (Lipinski definition) is 0. The smallest absolute Gasteiger partial charge is 0.333 e. The third kappa shape index (κ3) is 3.68. The van der Waals surface area contributed by atoms with Crippen molar-refractivity contribution in [2.75, 3.05) is 7.11 Å². The van der Waals surface area contributed by atoms with Crippen molar-refractivity contribution in [3.63, 3.8) is 0 Å². The summed E-state index contributed by atoms with van der Waals surface area (Å²) in [6.07, 6.45) is 7.13. The molecule has 22 heavy (non-hydrogen) atoms. The maximum atomic E-state index is 11.6. The molecule has 3 atom stereocenters. The first-order valence-electron chi connectivity index (χ1n) is 7.64. The number of esters is 1. The molecule has 1 aliphatic heterocycles. The Morgan fingerprint density at radius 2 is 2.18 bits per heavy atom. The van der Waals surface area contributed by atoms with E-state index in [9.17, 15) is 4.79 Å². The highest BCUT2D eigenvalue weighted by Crippen LogP contribution is 2.46. The van der Waals surface area contributed by atoms with Crippen LogP contribution in [0.1, 0.15) is 40.5 Å². The van der Waals surface area contributed by atoms with Gasteiger partial charge in [-0.05, 0) is 27.7 Å². The molecule has 0 saturated carbocycles. The lowest BCUT2D eigenvalue weighted by Gasteiger charge is -2.32. The third-order valence-corrected chi connectivity index (χ3v) is 4.07. The molecule has 0 unspecified atom stereocenters. The van der Waals surface area contributed by atoms with E-state index in [1.807, 2.05) is 32.9 Å². The second-order valence-electron chi connectivity index (χ2n) is 7.12. The van der Waals surface area contributed by atoms with Gasteiger partial charge in [0.25, 0.3) is 0 Å². The van der Waals surface area contributed by atoms with E-state index in [0.29, 0.717) is 12.0 Å². The lowest BCUT2D eigenvalue weighted by atomic mass is 9.77. The first-order valence-corrected chi connectivity index (χ1v) is 7.64. The van der Waals surface area contributed by atoms with Gasteiger partial charge in [0.2, 0.25) is 0 Å². The zero-order valence-electron chi connectivity index (χ0n) is 14.1. The second-order valence-corrected chi connectivity index (χ2v) is 7.12. The van der Waals surface area contributed by atoms with Gasteiger partial charge in [0, 0.05) is 24.3 Å². The summed E-state index contributed by atoms with van der Waals surface area (Å²) in [5, 5.41) is 0. The molecule has 0 spiro atoms. The molecular weight excluding hydrogens is 280 g/mol. The molecule has 0 radical (unpaired) electrons.